The molecule has 4 rings (SSSR count). The Labute approximate surface area is 193 Å². The van der Waals surface area contributed by atoms with Gasteiger partial charge in [-0.15, -0.1) is 0 Å². The third-order valence-electron chi connectivity index (χ3n) is 6.81. The molecule has 1 aliphatic heterocycles. The number of hydrogen-bond donors (Lipinski definition) is 1. The highest BCUT2D eigenvalue weighted by molar-refractivity contribution is 8.00. The summed E-state index contributed by atoms with van der Waals surface area (Å²) in [4.78, 5) is 18.2. The van der Waals surface area contributed by atoms with Gasteiger partial charge in [-0.1, -0.05) is 0 Å². The quantitative estimate of drug-likeness (QED) is 0.488. The van der Waals surface area contributed by atoms with Crippen molar-refractivity contribution in [3.8, 4) is 5.75 Å². The summed E-state index contributed by atoms with van der Waals surface area (Å²) in [6.45, 7) is 2.83. The summed E-state index contributed by atoms with van der Waals surface area (Å²) < 4.78 is 20.7. The minimum absolute atomic E-state index is 0.0913. The van der Waals surface area contributed by atoms with Crippen LogP contribution in [0.25, 0.3) is 10.9 Å². The molecule has 5 nitrogen and oxygen atoms in total. The van der Waals surface area contributed by atoms with Gasteiger partial charge in [-0.25, -0.2) is 4.39 Å². The molecule has 1 aliphatic carbocycles. The number of alkyl halides is 1. The van der Waals surface area contributed by atoms with Gasteiger partial charge < -0.3 is 14.7 Å². The van der Waals surface area contributed by atoms with Gasteiger partial charge in [0, 0.05) is 42.1 Å². The second kappa shape index (κ2) is 10.8. The predicted octanol–water partition coefficient (Wildman–Crippen LogP) is 5.34. The highest BCUT2D eigenvalue weighted by atomic mass is 32.2. The number of methoxy groups -OCH3 is 1. The van der Waals surface area contributed by atoms with Crippen LogP contribution in [0.5, 0.6) is 5.75 Å². The SMILES string of the molecule is COc1ccc2nccc([C@H](F)CC[C@@H]3CCN(CCSC4CC4)C[C@@H]3CC(=O)O)c2c1. The average Bonchev–Trinajstić information content (AvgIpc) is 3.61. The van der Waals surface area contributed by atoms with E-state index in [9.17, 15) is 9.90 Å². The number of thioether (sulfide) groups is 1. The third-order valence-corrected chi connectivity index (χ3v) is 8.17. The number of carboxylic acid groups (broad SMARTS) is 1. The number of ether oxygens (including phenoxy) is 1. The summed E-state index contributed by atoms with van der Waals surface area (Å²) in [5.74, 6) is 1.40. The van der Waals surface area contributed by atoms with Crippen molar-refractivity contribution in [2.45, 2.75) is 49.9 Å². The summed E-state index contributed by atoms with van der Waals surface area (Å²) in [5, 5.41) is 11.1. The van der Waals surface area contributed by atoms with Crippen LogP contribution in [-0.2, 0) is 4.79 Å². The van der Waals surface area contributed by atoms with Gasteiger partial charge in [0.25, 0.3) is 0 Å². The van der Waals surface area contributed by atoms with Crippen LogP contribution in [0.4, 0.5) is 4.39 Å². The molecule has 2 heterocycles. The molecule has 0 amide bonds. The molecule has 1 saturated heterocycles. The lowest BCUT2D eigenvalue weighted by Gasteiger charge is -2.38. The minimum Gasteiger partial charge on any atom is -0.497 e. The van der Waals surface area contributed by atoms with Crippen molar-refractivity contribution < 1.29 is 19.0 Å². The number of fused-ring (bicyclic) bond motifs is 1. The van der Waals surface area contributed by atoms with Gasteiger partial charge in [0.05, 0.1) is 12.6 Å². The predicted molar refractivity (Wildman–Crippen MR) is 127 cm³/mol. The molecule has 1 aromatic carbocycles. The van der Waals surface area contributed by atoms with Gasteiger partial charge in [0.15, 0.2) is 0 Å². The molecule has 0 radical (unpaired) electrons. The summed E-state index contributed by atoms with van der Waals surface area (Å²) in [7, 11) is 1.60. The molecular formula is C25H33FN2O3S. The van der Waals surface area contributed by atoms with E-state index in [0.717, 1.165) is 48.0 Å². The Hall–Kier alpha value is -1.86. The van der Waals surface area contributed by atoms with Crippen LogP contribution in [0.15, 0.2) is 30.5 Å². The van der Waals surface area contributed by atoms with E-state index >= 15 is 4.39 Å². The van der Waals surface area contributed by atoms with Crippen molar-refractivity contribution in [1.82, 2.24) is 9.88 Å². The first kappa shape index (κ1) is 23.3. The summed E-state index contributed by atoms with van der Waals surface area (Å²) >= 11 is 2.05. The lowest BCUT2D eigenvalue weighted by atomic mass is 9.79. The van der Waals surface area contributed by atoms with E-state index in [1.807, 2.05) is 30.0 Å². The molecule has 0 spiro atoms. The molecule has 0 bridgehead atoms. The summed E-state index contributed by atoms with van der Waals surface area (Å²) in [6.07, 6.45) is 5.46. The number of aliphatic carboxylic acids is 1. The maximum Gasteiger partial charge on any atom is 0.303 e. The highest BCUT2D eigenvalue weighted by Crippen LogP contribution is 2.37. The second-order valence-electron chi connectivity index (χ2n) is 9.11. The second-order valence-corrected chi connectivity index (χ2v) is 10.5. The van der Waals surface area contributed by atoms with Crippen molar-refractivity contribution in [2.24, 2.45) is 11.8 Å². The van der Waals surface area contributed by atoms with Gasteiger partial charge in [0.1, 0.15) is 11.9 Å². The lowest BCUT2D eigenvalue weighted by molar-refractivity contribution is -0.139. The topological polar surface area (TPSA) is 62.7 Å². The van der Waals surface area contributed by atoms with Crippen molar-refractivity contribution in [1.29, 1.82) is 0 Å². The maximum atomic E-state index is 15.4. The Morgan fingerprint density at radius 2 is 2.16 bits per heavy atom. The fraction of sp³-hybridized carbons (Fsp3) is 0.600. The zero-order valence-electron chi connectivity index (χ0n) is 18.7. The number of rotatable bonds is 11. The molecule has 2 fully saturated rings. The average molecular weight is 461 g/mol. The molecule has 0 unspecified atom stereocenters. The highest BCUT2D eigenvalue weighted by Gasteiger charge is 2.32. The Morgan fingerprint density at radius 1 is 1.31 bits per heavy atom. The molecule has 174 valence electrons. The number of likely N-dealkylation sites (tertiary alicyclic amines) is 1. The molecule has 32 heavy (non-hydrogen) atoms. The van der Waals surface area contributed by atoms with Gasteiger partial charge in [-0.05, 0) is 80.3 Å². The van der Waals surface area contributed by atoms with Crippen LogP contribution in [0.1, 0.15) is 50.3 Å². The van der Waals surface area contributed by atoms with Crippen molar-refractivity contribution >= 4 is 28.6 Å². The summed E-state index contributed by atoms with van der Waals surface area (Å²) in [5.41, 5.74) is 1.39. The Bertz CT molecular complexity index is 923. The molecule has 3 atom stereocenters. The number of benzene rings is 1. The van der Waals surface area contributed by atoms with E-state index < -0.39 is 12.1 Å². The van der Waals surface area contributed by atoms with Crippen LogP contribution in [0, 0.1) is 11.8 Å². The number of aromatic nitrogens is 1. The zero-order chi connectivity index (χ0) is 22.5. The standard InChI is InChI=1S/C25H33FN2O3S/c1-31-19-3-7-24-22(15-19)21(8-10-27-24)23(26)6-2-17-9-11-28(12-13-32-20-4-5-20)16-18(17)14-25(29)30/h3,7-8,10,15,17-18,20,23H,2,4-6,9,11-14,16H2,1H3,(H,29,30)/t17-,18+,23-/m1/s1. The maximum absolute atomic E-state index is 15.4. The van der Waals surface area contributed by atoms with Gasteiger partial charge in [-0.2, -0.15) is 11.8 Å². The molecule has 2 aromatic rings. The number of carbonyl (C=O) groups is 1. The fourth-order valence-corrected chi connectivity index (χ4v) is 6.01. The molecule has 1 N–H and O–H groups in total. The third kappa shape index (κ3) is 6.13. The van der Waals surface area contributed by atoms with Crippen molar-refractivity contribution in [3.63, 3.8) is 0 Å². The molecule has 1 aromatic heterocycles. The summed E-state index contributed by atoms with van der Waals surface area (Å²) in [6, 6.07) is 7.28. The number of hydrogen-bond acceptors (Lipinski definition) is 5. The largest absolute Gasteiger partial charge is 0.497 e. The Balaban J connectivity index is 1.37. The number of halogens is 1. The Kier molecular flexibility index (Phi) is 7.89. The van der Waals surface area contributed by atoms with Gasteiger partial charge in [-0.3, -0.25) is 9.78 Å². The molecular weight excluding hydrogens is 427 g/mol. The first-order valence-electron chi connectivity index (χ1n) is 11.7. The van der Waals surface area contributed by atoms with Crippen LogP contribution in [0.2, 0.25) is 0 Å². The minimum atomic E-state index is -1.11. The molecule has 7 heteroatoms. The normalized spacial score (nSPS) is 22.7. The zero-order valence-corrected chi connectivity index (χ0v) is 19.5. The number of nitrogens with zero attached hydrogens (tertiary/aromatic N) is 2. The van der Waals surface area contributed by atoms with E-state index in [1.54, 1.807) is 19.4 Å². The first-order chi connectivity index (χ1) is 15.5. The van der Waals surface area contributed by atoms with E-state index in [2.05, 4.69) is 9.88 Å². The number of pyridine rings is 1. The van der Waals surface area contributed by atoms with Crippen LogP contribution in [-0.4, -0.2) is 58.7 Å². The van der Waals surface area contributed by atoms with E-state index in [1.165, 1.54) is 12.8 Å². The Morgan fingerprint density at radius 3 is 2.91 bits per heavy atom. The van der Waals surface area contributed by atoms with E-state index in [-0.39, 0.29) is 18.3 Å². The van der Waals surface area contributed by atoms with E-state index in [0.29, 0.717) is 24.2 Å². The first-order valence-corrected chi connectivity index (χ1v) is 12.7. The van der Waals surface area contributed by atoms with Crippen molar-refractivity contribution in [3.05, 3.63) is 36.0 Å². The molecule has 2 aliphatic rings. The number of carboxylic acids is 1. The smallest absolute Gasteiger partial charge is 0.303 e. The van der Waals surface area contributed by atoms with Crippen LogP contribution >= 0.6 is 11.8 Å². The fourth-order valence-electron chi connectivity index (χ4n) is 4.84. The lowest BCUT2D eigenvalue weighted by Crippen LogP contribution is -2.42. The monoisotopic (exact) mass is 460 g/mol. The molecule has 1 saturated carbocycles. The number of piperidine rings is 1. The van der Waals surface area contributed by atoms with Crippen molar-refractivity contribution in [2.75, 3.05) is 32.5 Å². The van der Waals surface area contributed by atoms with Gasteiger partial charge in [0.2, 0.25) is 0 Å². The van der Waals surface area contributed by atoms with Crippen LogP contribution < -0.4 is 4.74 Å². The van der Waals surface area contributed by atoms with Gasteiger partial charge >= 0.3 is 5.97 Å². The van der Waals surface area contributed by atoms with Crippen LogP contribution in [0.3, 0.4) is 0 Å². The van der Waals surface area contributed by atoms with E-state index in [4.69, 9.17) is 4.74 Å².